The Bertz CT molecular complexity index is 7810. The van der Waals surface area contributed by atoms with Gasteiger partial charge in [0.1, 0.15) is 46.1 Å². The van der Waals surface area contributed by atoms with Crippen LogP contribution in [0.4, 0.5) is 105 Å². The summed E-state index contributed by atoms with van der Waals surface area (Å²) < 4.78 is 337. The predicted molar refractivity (Wildman–Crippen MR) is 546 cm³/mol. The Balaban J connectivity index is 0.000000160. The van der Waals surface area contributed by atoms with Crippen molar-refractivity contribution in [3.05, 3.63) is 401 Å². The summed E-state index contributed by atoms with van der Waals surface area (Å²) in [7, 11) is 0. The fourth-order valence-corrected chi connectivity index (χ4v) is 17.2. The van der Waals surface area contributed by atoms with E-state index in [-0.39, 0.29) is 50.5 Å². The van der Waals surface area contributed by atoms with Crippen molar-refractivity contribution in [1.82, 2.24) is 0 Å². The lowest BCUT2D eigenvalue weighted by Gasteiger charge is -2.35. The van der Waals surface area contributed by atoms with E-state index in [1.54, 1.807) is 126 Å². The van der Waals surface area contributed by atoms with Gasteiger partial charge in [0, 0.05) is 32.3 Å². The quantitative estimate of drug-likeness (QED) is 0.127. The third kappa shape index (κ3) is 28.8. The van der Waals surface area contributed by atoms with Crippen LogP contribution in [0.25, 0.3) is 97.3 Å². The van der Waals surface area contributed by atoms with E-state index in [4.69, 9.17) is 9.47 Å². The van der Waals surface area contributed by atoms with Crippen LogP contribution in [0, 0.1) is 136 Å². The molecule has 0 fully saturated rings. The van der Waals surface area contributed by atoms with Crippen molar-refractivity contribution in [2.45, 2.75) is 175 Å². The number of rotatable bonds is 10. The van der Waals surface area contributed by atoms with Crippen LogP contribution in [-0.4, -0.2) is 39.7 Å². The molecule has 18 aromatic carbocycles. The lowest BCUT2D eigenvalue weighted by atomic mass is 9.78. The third-order valence-corrected chi connectivity index (χ3v) is 24.1. The molecule has 0 radical (unpaired) electrons. The van der Waals surface area contributed by atoms with E-state index < -0.39 is 109 Å². The predicted octanol–water partition coefficient (Wildman–Crippen LogP) is 38.7. The summed E-state index contributed by atoms with van der Waals surface area (Å²) >= 11 is 0. The van der Waals surface area contributed by atoms with Crippen molar-refractivity contribution in [2.24, 2.45) is 0 Å². The van der Waals surface area contributed by atoms with Crippen LogP contribution >= 0.6 is 0 Å². The highest BCUT2D eigenvalue weighted by Gasteiger charge is 2.65. The summed E-state index contributed by atoms with van der Waals surface area (Å²) in [4.78, 5) is 0. The van der Waals surface area contributed by atoms with Gasteiger partial charge in [-0.1, -0.05) is 269 Å². The highest BCUT2D eigenvalue weighted by molar-refractivity contribution is 5.96. The molecule has 0 aliphatic heterocycles. The normalized spacial score (nSPS) is 12.3. The Morgan fingerprint density at radius 1 is 0.240 bits per heavy atom. The minimum absolute atomic E-state index is 0.116. The van der Waals surface area contributed by atoms with Gasteiger partial charge in [0.25, 0.3) is 0 Å². The Labute approximate surface area is 850 Å². The van der Waals surface area contributed by atoms with E-state index in [0.29, 0.717) is 44.2 Å². The molecule has 30 heteroatoms. The molecule has 0 amide bonds. The topological polar surface area (TPSA) is 55.4 Å². The van der Waals surface area contributed by atoms with Gasteiger partial charge in [0.2, 0.25) is 13.7 Å². The number of hydrogen-bond acceptors (Lipinski definition) is 6. The van der Waals surface area contributed by atoms with Gasteiger partial charge in [0.15, 0.2) is 0 Å². The molecule has 0 spiro atoms. The number of hydrogen-bond donors (Lipinski definition) is 0. The maximum absolute atomic E-state index is 14.2. The van der Waals surface area contributed by atoms with Gasteiger partial charge >= 0.3 is 50.1 Å². The number of halogens is 24. The SMILES string of the molecule is Cc1cc(C(F)(F)F)c2cc(C)ccc2c1.Cc1cc(OC(F)(F)F)c2cc(C)ccc2c1.Cc1cc(OC(F)F)c2cc(C)ccc2c1.Cc1cc(OCF)c2cc(C)ccc2c1.Cc1ccc2c(C(F)(F)F)c(C)ccc2c1.Cc1ccc2c(OC(F)(F)F)c(C)ccc2c1.Cc1ccc2c(OC(F)F)c(C)ccc2c1.Cc1ccc2c(OCF)c(C)ccc2c1.Cc1ccc2c(c1F)C(F)(F)C(F)(F)c1c-2ccc(C)c1F. The van der Waals surface area contributed by atoms with Crippen LogP contribution in [-0.2, 0) is 24.2 Å². The van der Waals surface area contributed by atoms with E-state index in [1.165, 1.54) is 56.7 Å². The van der Waals surface area contributed by atoms with Gasteiger partial charge in [-0.25, -0.2) is 17.6 Å². The van der Waals surface area contributed by atoms with Crippen molar-refractivity contribution in [3.8, 4) is 45.6 Å². The Hall–Kier alpha value is -14.8. The molecule has 18 aromatic rings. The van der Waals surface area contributed by atoms with Gasteiger partial charge in [-0.2, -0.15) is 61.5 Å². The summed E-state index contributed by atoms with van der Waals surface area (Å²) in [5.74, 6) is -10.9. The number of alkyl halides is 22. The van der Waals surface area contributed by atoms with Gasteiger partial charge in [-0.05, 0) is 288 Å². The molecule has 0 heterocycles. The Morgan fingerprint density at radius 2 is 0.520 bits per heavy atom. The van der Waals surface area contributed by atoms with Gasteiger partial charge in [0.05, 0.1) is 22.3 Å². The van der Waals surface area contributed by atoms with Crippen molar-refractivity contribution >= 4 is 86.2 Å². The van der Waals surface area contributed by atoms with Gasteiger partial charge < -0.3 is 28.4 Å². The highest BCUT2D eigenvalue weighted by atomic mass is 19.4. The molecule has 0 atom stereocenters. The van der Waals surface area contributed by atoms with E-state index in [9.17, 15) is 105 Å². The summed E-state index contributed by atoms with van der Waals surface area (Å²) in [6.45, 7) is 24.6. The maximum atomic E-state index is 14.2. The molecule has 0 unspecified atom stereocenters. The van der Waals surface area contributed by atoms with Crippen molar-refractivity contribution in [2.75, 3.05) is 13.7 Å². The molecule has 0 saturated carbocycles. The summed E-state index contributed by atoms with van der Waals surface area (Å²) in [6, 6.07) is 77.0. The maximum Gasteiger partial charge on any atom is 0.573 e. The van der Waals surface area contributed by atoms with E-state index >= 15 is 0 Å². The number of ether oxygens (including phenoxy) is 6. The lowest BCUT2D eigenvalue weighted by Crippen LogP contribution is -2.41. The van der Waals surface area contributed by atoms with Crippen LogP contribution in [0.5, 0.6) is 34.5 Å². The average Bonchev–Trinajstić information content (AvgIpc) is 0.698. The molecular weight excluding hydrogens is 1990 g/mol. The van der Waals surface area contributed by atoms with Crippen molar-refractivity contribution < 1.29 is 134 Å². The smallest absolute Gasteiger partial charge is 0.462 e. The summed E-state index contributed by atoms with van der Waals surface area (Å²) in [6.07, 6.45) is -17.9. The molecule has 0 bridgehead atoms. The molecule has 0 saturated heterocycles. The average molecular weight is 2100 g/mol. The monoisotopic (exact) mass is 2100 g/mol. The van der Waals surface area contributed by atoms with Crippen LogP contribution < -0.4 is 28.4 Å². The molecule has 6 nitrogen and oxygen atoms in total. The fourth-order valence-electron chi connectivity index (χ4n) is 17.2. The second-order valence-electron chi connectivity index (χ2n) is 36.5. The molecule has 150 heavy (non-hydrogen) atoms. The zero-order valence-electron chi connectivity index (χ0n) is 84.5. The highest BCUT2D eigenvalue weighted by Crippen LogP contribution is 2.60. The zero-order chi connectivity index (χ0) is 111. The van der Waals surface area contributed by atoms with E-state index in [1.807, 2.05) is 191 Å². The second kappa shape index (κ2) is 47.8. The molecule has 788 valence electrons. The molecule has 1 aliphatic carbocycles. The first-order chi connectivity index (χ1) is 70.1. The molecule has 1 aliphatic rings. The number of fused-ring (bicyclic) bond motifs is 11. The number of aryl methyl sites for hydroxylation is 18. The first-order valence-electron chi connectivity index (χ1n) is 46.5. The first-order valence-corrected chi connectivity index (χ1v) is 46.5. The van der Waals surface area contributed by atoms with Crippen LogP contribution in [0.15, 0.2) is 267 Å². The minimum atomic E-state index is -4.83. The third-order valence-electron chi connectivity index (χ3n) is 24.1. The van der Waals surface area contributed by atoms with E-state index in [0.717, 1.165) is 133 Å². The minimum Gasteiger partial charge on any atom is -0.462 e. The first kappa shape index (κ1) is 115. The Kier molecular flexibility index (Phi) is 36.8. The molecule has 0 aromatic heterocycles. The summed E-state index contributed by atoms with van der Waals surface area (Å²) in [5.41, 5.74) is 8.92. The number of benzene rings is 18. The van der Waals surface area contributed by atoms with Crippen LogP contribution in [0.1, 0.15) is 122 Å². The van der Waals surface area contributed by atoms with E-state index in [2.05, 4.69) is 31.1 Å². The van der Waals surface area contributed by atoms with Crippen LogP contribution in [0.3, 0.4) is 0 Å². The second-order valence-corrected chi connectivity index (χ2v) is 36.5. The largest absolute Gasteiger partial charge is 0.573 e. The molecular formula is C120H104F24O6. The van der Waals surface area contributed by atoms with Crippen molar-refractivity contribution in [3.63, 3.8) is 0 Å². The zero-order valence-corrected chi connectivity index (χ0v) is 84.5. The van der Waals surface area contributed by atoms with Crippen LogP contribution in [0.2, 0.25) is 0 Å². The van der Waals surface area contributed by atoms with Gasteiger partial charge in [-0.15, -0.1) is 26.3 Å². The molecule has 0 N–H and O–H groups in total. The molecule has 19 rings (SSSR count). The standard InChI is InChI=1S/C16H10F6.2C13H11F3O.2C13H11F3.2C13H12F2O.2C13H13FO/c1-7-3-5-9-10-6-4-8(2)14(18)12(10)16(21,22)15(19,20)11(9)13(7)17;1-8-3-6-11-10(7-8)5-4-9(2)12(11)17-13(14,15)16;1-8-3-4-10-5-9(2)7-12(11(10)6-8)17-13(14,15)16;1-8-3-6-11-10(7-8)5-4-9(2)12(11)13(14,15)16;1-8-3-4-10-5-9(2)7-12(11(10)6-8)13(14,15)16;1-8-3-6-11-10(7-8)5-4-9(2)12(11)16-13(14)15;1-8-3-4-10-5-9(2)7-12(11(10)6-8)16-13(14)15;1-9-3-6-12-11(7-9)5-4-10(2)13(12)15-8-14;1-9-3-4-11-5-10(2)7-13(15-8-14)12(11)6-9/h3-6H,1-2H3;2*3-7H,1-2H3;2*3-7H,1-2H3;2*3-7,13H,1-2H3;2*3-7H,8H2,1-2H3. The van der Waals surface area contributed by atoms with Crippen molar-refractivity contribution in [1.29, 1.82) is 0 Å². The lowest BCUT2D eigenvalue weighted by molar-refractivity contribution is -0.275. The van der Waals surface area contributed by atoms with Gasteiger partial charge in [-0.3, -0.25) is 0 Å². The fraction of sp³-hybridized carbons (Fsp3) is 0.233. The Morgan fingerprint density at radius 3 is 0.900 bits per heavy atom. The summed E-state index contributed by atoms with van der Waals surface area (Å²) in [5, 5.41) is 11.7.